The first kappa shape index (κ1) is 15.2. The van der Waals surface area contributed by atoms with E-state index in [1.807, 2.05) is 0 Å². The van der Waals surface area contributed by atoms with Gasteiger partial charge in [0.05, 0.1) is 22.8 Å². The molecule has 0 saturated carbocycles. The minimum atomic E-state index is -3.37. The van der Waals surface area contributed by atoms with Crippen molar-refractivity contribution in [1.82, 2.24) is 0 Å². The number of sulfone groups is 1. The second kappa shape index (κ2) is 5.84. The molecule has 4 nitrogen and oxygen atoms in total. The maximum absolute atomic E-state index is 11.9. The van der Waals surface area contributed by atoms with Crippen LogP contribution < -0.4 is 0 Å². The zero-order valence-corrected chi connectivity index (χ0v) is 12.9. The maximum Gasteiger partial charge on any atom is 0.338 e. The monoisotopic (exact) mass is 334 g/mol. The van der Waals surface area contributed by atoms with Crippen LogP contribution >= 0.6 is 15.9 Å². The molecule has 6 heteroatoms. The van der Waals surface area contributed by atoms with Crippen molar-refractivity contribution in [3.05, 3.63) is 27.7 Å². The second-order valence-electron chi connectivity index (χ2n) is 3.72. The van der Waals surface area contributed by atoms with Gasteiger partial charge in [-0.25, -0.2) is 13.2 Å². The summed E-state index contributed by atoms with van der Waals surface area (Å²) in [4.78, 5) is 11.8. The fourth-order valence-corrected chi connectivity index (χ4v) is 3.64. The van der Waals surface area contributed by atoms with Crippen molar-refractivity contribution in [2.45, 2.75) is 25.7 Å². The molecular formula is C12H15BrO4S. The van der Waals surface area contributed by atoms with E-state index in [0.717, 1.165) is 0 Å². The molecule has 0 saturated heterocycles. The third-order valence-electron chi connectivity index (χ3n) is 2.49. The topological polar surface area (TPSA) is 60.4 Å². The van der Waals surface area contributed by atoms with E-state index in [1.165, 1.54) is 6.07 Å². The third kappa shape index (κ3) is 3.11. The van der Waals surface area contributed by atoms with Crippen molar-refractivity contribution in [3.63, 3.8) is 0 Å². The number of ether oxygens (including phenoxy) is 1. The minimum absolute atomic E-state index is 0.0169. The molecule has 1 aromatic rings. The molecule has 0 atom stereocenters. The summed E-state index contributed by atoms with van der Waals surface area (Å²) in [6.07, 6.45) is 0. The quantitative estimate of drug-likeness (QED) is 0.794. The van der Waals surface area contributed by atoms with E-state index < -0.39 is 15.8 Å². The molecule has 0 aliphatic rings. The van der Waals surface area contributed by atoms with Gasteiger partial charge in [-0.1, -0.05) is 6.92 Å². The van der Waals surface area contributed by atoms with Gasteiger partial charge in [0.15, 0.2) is 9.84 Å². The molecule has 0 aliphatic carbocycles. The summed E-state index contributed by atoms with van der Waals surface area (Å²) >= 11 is 3.21. The molecule has 18 heavy (non-hydrogen) atoms. The van der Waals surface area contributed by atoms with Crippen molar-refractivity contribution in [1.29, 1.82) is 0 Å². The van der Waals surface area contributed by atoms with Crippen molar-refractivity contribution < 1.29 is 17.9 Å². The van der Waals surface area contributed by atoms with Crippen LogP contribution in [0, 0.1) is 6.92 Å². The Balaban J connectivity index is 3.40. The first-order chi connectivity index (χ1) is 8.33. The lowest BCUT2D eigenvalue weighted by Gasteiger charge is -2.10. The van der Waals surface area contributed by atoms with Crippen LogP contribution in [-0.2, 0) is 14.6 Å². The highest BCUT2D eigenvalue weighted by Crippen LogP contribution is 2.27. The number of esters is 1. The zero-order chi connectivity index (χ0) is 13.9. The van der Waals surface area contributed by atoms with Crippen molar-refractivity contribution in [2.75, 3.05) is 12.4 Å². The number of aryl methyl sites for hydroxylation is 1. The Morgan fingerprint density at radius 3 is 2.44 bits per heavy atom. The predicted octanol–water partition coefficient (Wildman–Crippen LogP) is 2.73. The number of carbonyl (C=O) groups excluding carboxylic acids is 1. The van der Waals surface area contributed by atoms with E-state index in [9.17, 15) is 13.2 Å². The average Bonchev–Trinajstić information content (AvgIpc) is 2.28. The number of hydrogen-bond donors (Lipinski definition) is 0. The number of carbonyl (C=O) groups is 1. The Kier molecular flexibility index (Phi) is 4.92. The largest absolute Gasteiger partial charge is 0.462 e. The van der Waals surface area contributed by atoms with Gasteiger partial charge in [-0.2, -0.15) is 0 Å². The Hall–Kier alpha value is -0.880. The Morgan fingerprint density at radius 1 is 1.33 bits per heavy atom. The van der Waals surface area contributed by atoms with Gasteiger partial charge in [-0.3, -0.25) is 0 Å². The van der Waals surface area contributed by atoms with Gasteiger partial charge in [0.1, 0.15) is 0 Å². The van der Waals surface area contributed by atoms with Crippen LogP contribution in [0.5, 0.6) is 0 Å². The molecule has 1 aromatic carbocycles. The summed E-state index contributed by atoms with van der Waals surface area (Å²) in [5.41, 5.74) is 0.961. The van der Waals surface area contributed by atoms with Crippen LogP contribution in [0.15, 0.2) is 21.5 Å². The van der Waals surface area contributed by atoms with Gasteiger partial charge in [-0.15, -0.1) is 0 Å². The summed E-state index contributed by atoms with van der Waals surface area (Å²) in [6, 6.07) is 2.99. The van der Waals surface area contributed by atoms with Crippen molar-refractivity contribution in [2.24, 2.45) is 0 Å². The number of halogens is 1. The minimum Gasteiger partial charge on any atom is -0.462 e. The SMILES string of the molecule is CCOC(=O)c1cc(S(=O)(=O)CC)c(Br)cc1C. The van der Waals surface area contributed by atoms with E-state index in [0.29, 0.717) is 10.0 Å². The van der Waals surface area contributed by atoms with Gasteiger partial charge in [0.25, 0.3) is 0 Å². The van der Waals surface area contributed by atoms with Crippen molar-refractivity contribution >= 4 is 31.7 Å². The average molecular weight is 335 g/mol. The molecule has 1 rings (SSSR count). The summed E-state index contributed by atoms with van der Waals surface area (Å²) < 4.78 is 29.1. The van der Waals surface area contributed by atoms with Gasteiger partial charge < -0.3 is 4.74 Å². The number of rotatable bonds is 4. The molecule has 100 valence electrons. The lowest BCUT2D eigenvalue weighted by Crippen LogP contribution is -2.11. The first-order valence-corrected chi connectivity index (χ1v) is 7.98. The fraction of sp³-hybridized carbons (Fsp3) is 0.417. The summed E-state index contributed by atoms with van der Waals surface area (Å²) in [5.74, 6) is -0.522. The van der Waals surface area contributed by atoms with E-state index in [2.05, 4.69) is 15.9 Å². The Bertz CT molecular complexity index is 564. The molecule has 0 N–H and O–H groups in total. The van der Waals surface area contributed by atoms with E-state index >= 15 is 0 Å². The number of hydrogen-bond acceptors (Lipinski definition) is 4. The summed E-state index contributed by atoms with van der Waals surface area (Å²) in [7, 11) is -3.37. The molecule has 0 aliphatic heterocycles. The predicted molar refractivity (Wildman–Crippen MR) is 72.6 cm³/mol. The Morgan fingerprint density at radius 2 is 1.94 bits per heavy atom. The van der Waals surface area contributed by atoms with E-state index in [-0.39, 0.29) is 22.8 Å². The highest BCUT2D eigenvalue weighted by atomic mass is 79.9. The van der Waals surface area contributed by atoms with E-state index in [4.69, 9.17) is 4.74 Å². The highest BCUT2D eigenvalue weighted by Gasteiger charge is 2.20. The van der Waals surface area contributed by atoms with Gasteiger partial charge >= 0.3 is 5.97 Å². The Labute approximate surface area is 115 Å². The molecular weight excluding hydrogens is 320 g/mol. The molecule has 0 aromatic heterocycles. The van der Waals surface area contributed by atoms with Crippen LogP contribution in [0.3, 0.4) is 0 Å². The smallest absolute Gasteiger partial charge is 0.338 e. The van der Waals surface area contributed by atoms with Crippen LogP contribution in [0.4, 0.5) is 0 Å². The van der Waals surface area contributed by atoms with Crippen LogP contribution in [0.25, 0.3) is 0 Å². The van der Waals surface area contributed by atoms with Crippen LogP contribution in [-0.4, -0.2) is 26.7 Å². The molecule has 0 spiro atoms. The fourth-order valence-electron chi connectivity index (χ4n) is 1.48. The summed E-state index contributed by atoms with van der Waals surface area (Å²) in [6.45, 7) is 5.25. The molecule has 0 bridgehead atoms. The number of benzene rings is 1. The first-order valence-electron chi connectivity index (χ1n) is 5.53. The maximum atomic E-state index is 11.9. The van der Waals surface area contributed by atoms with Gasteiger partial charge in [0, 0.05) is 4.47 Å². The molecule has 0 amide bonds. The summed E-state index contributed by atoms with van der Waals surface area (Å²) in [5, 5.41) is 0. The van der Waals surface area contributed by atoms with E-state index in [1.54, 1.807) is 26.8 Å². The zero-order valence-electron chi connectivity index (χ0n) is 10.5. The molecule has 0 radical (unpaired) electrons. The standard InChI is InChI=1S/C12H15BrO4S/c1-4-17-12(14)9-7-11(18(15,16)5-2)10(13)6-8(9)3/h6-7H,4-5H2,1-3H3. The van der Waals surface area contributed by atoms with Crippen molar-refractivity contribution in [3.8, 4) is 0 Å². The van der Waals surface area contributed by atoms with Gasteiger partial charge in [-0.05, 0) is 47.5 Å². The normalized spacial score (nSPS) is 11.3. The lowest BCUT2D eigenvalue weighted by molar-refractivity contribution is 0.0525. The lowest BCUT2D eigenvalue weighted by atomic mass is 10.1. The second-order valence-corrected chi connectivity index (χ2v) is 6.82. The molecule has 0 fully saturated rings. The van der Waals surface area contributed by atoms with Crippen LogP contribution in [0.2, 0.25) is 0 Å². The van der Waals surface area contributed by atoms with Crippen LogP contribution in [0.1, 0.15) is 29.8 Å². The third-order valence-corrected chi connectivity index (χ3v) is 5.18. The van der Waals surface area contributed by atoms with Gasteiger partial charge in [0.2, 0.25) is 0 Å². The molecule has 0 heterocycles. The molecule has 0 unspecified atom stereocenters. The highest BCUT2D eigenvalue weighted by molar-refractivity contribution is 9.10.